The molecule has 4 rings (SSSR count). The number of anilines is 2. The van der Waals surface area contributed by atoms with Crippen LogP contribution in [-0.2, 0) is 7.05 Å². The maximum Gasteiger partial charge on any atom is 0.276 e. The van der Waals surface area contributed by atoms with Gasteiger partial charge in [0.05, 0.1) is 16.8 Å². The zero-order valence-corrected chi connectivity index (χ0v) is 17.1. The zero-order valence-electron chi connectivity index (χ0n) is 16.4. The summed E-state index contributed by atoms with van der Waals surface area (Å²) in [6.07, 6.45) is 0. The molecule has 2 aromatic carbocycles. The summed E-state index contributed by atoms with van der Waals surface area (Å²) in [6.45, 7) is 3.62. The number of aromatic nitrogens is 2. The third kappa shape index (κ3) is 3.83. The first-order valence-corrected chi connectivity index (χ1v) is 9.82. The number of fused-ring (bicyclic) bond motifs is 1. The van der Waals surface area contributed by atoms with Gasteiger partial charge in [0, 0.05) is 43.6 Å². The molecule has 2 heterocycles. The number of likely N-dealkylation sites (N-methyl/N-ethyl adjacent to an activating group) is 1. The second kappa shape index (κ2) is 7.85. The van der Waals surface area contributed by atoms with Crippen LogP contribution in [0.3, 0.4) is 0 Å². The van der Waals surface area contributed by atoms with Crippen LogP contribution in [0.5, 0.6) is 0 Å². The summed E-state index contributed by atoms with van der Waals surface area (Å²) in [5.41, 5.74) is 1.52. The van der Waals surface area contributed by atoms with Gasteiger partial charge in [-0.1, -0.05) is 29.8 Å². The highest BCUT2D eigenvalue weighted by Crippen LogP contribution is 2.30. The standard InChI is InChI=1S/C21H22ClN5O2/c1-25-9-11-27(12-10-25)18-8-7-14(22)13-17(18)23-20(28)19-15-5-3-4-6-16(15)21(29)26(2)24-19/h3-8,13H,9-12H2,1-2H3,(H,23,28). The molecule has 1 saturated heterocycles. The number of carbonyl (C=O) groups is 1. The quantitative estimate of drug-likeness (QED) is 0.717. The van der Waals surface area contributed by atoms with E-state index in [0.717, 1.165) is 31.9 Å². The zero-order chi connectivity index (χ0) is 20.5. The largest absolute Gasteiger partial charge is 0.367 e. The molecule has 7 nitrogen and oxygen atoms in total. The van der Waals surface area contributed by atoms with Gasteiger partial charge in [-0.3, -0.25) is 9.59 Å². The molecule has 3 aromatic rings. The maximum absolute atomic E-state index is 13.1. The smallest absolute Gasteiger partial charge is 0.276 e. The van der Waals surface area contributed by atoms with E-state index in [1.54, 1.807) is 37.4 Å². The fraction of sp³-hybridized carbons (Fsp3) is 0.286. The number of piperazine rings is 1. The molecule has 1 fully saturated rings. The number of carbonyl (C=O) groups excluding carboxylic acids is 1. The molecular formula is C21H22ClN5O2. The highest BCUT2D eigenvalue weighted by atomic mass is 35.5. The lowest BCUT2D eigenvalue weighted by molar-refractivity contribution is 0.102. The summed E-state index contributed by atoms with van der Waals surface area (Å²) < 4.78 is 1.19. The lowest BCUT2D eigenvalue weighted by Crippen LogP contribution is -2.44. The minimum absolute atomic E-state index is 0.201. The van der Waals surface area contributed by atoms with Gasteiger partial charge in [0.15, 0.2) is 5.69 Å². The maximum atomic E-state index is 13.1. The number of benzene rings is 2. The number of nitrogens with one attached hydrogen (secondary N) is 1. The molecule has 1 amide bonds. The molecule has 0 atom stereocenters. The van der Waals surface area contributed by atoms with Crippen LogP contribution in [0.25, 0.3) is 10.8 Å². The molecule has 1 aromatic heterocycles. The van der Waals surface area contributed by atoms with Crippen molar-refractivity contribution in [2.75, 3.05) is 43.4 Å². The van der Waals surface area contributed by atoms with Gasteiger partial charge in [0.1, 0.15) is 0 Å². The van der Waals surface area contributed by atoms with Gasteiger partial charge in [0.2, 0.25) is 0 Å². The van der Waals surface area contributed by atoms with Crippen LogP contribution in [0.15, 0.2) is 47.3 Å². The Hall–Kier alpha value is -2.90. The van der Waals surface area contributed by atoms with Crippen LogP contribution in [-0.4, -0.2) is 53.8 Å². The van der Waals surface area contributed by atoms with E-state index in [4.69, 9.17) is 11.6 Å². The average molecular weight is 412 g/mol. The van der Waals surface area contributed by atoms with E-state index in [9.17, 15) is 9.59 Å². The molecule has 8 heteroatoms. The average Bonchev–Trinajstić information content (AvgIpc) is 2.71. The Bertz CT molecular complexity index is 1140. The van der Waals surface area contributed by atoms with E-state index in [2.05, 4.69) is 27.3 Å². The molecule has 0 aliphatic carbocycles. The lowest BCUT2D eigenvalue weighted by atomic mass is 10.1. The number of rotatable bonds is 3. The summed E-state index contributed by atoms with van der Waals surface area (Å²) in [5.74, 6) is -0.380. The van der Waals surface area contributed by atoms with Gasteiger partial charge in [-0.2, -0.15) is 5.10 Å². The van der Waals surface area contributed by atoms with E-state index >= 15 is 0 Å². The van der Waals surface area contributed by atoms with Crippen LogP contribution in [0, 0.1) is 0 Å². The fourth-order valence-electron chi connectivity index (χ4n) is 3.58. The Morgan fingerprint density at radius 3 is 2.45 bits per heavy atom. The van der Waals surface area contributed by atoms with Crippen LogP contribution >= 0.6 is 11.6 Å². The van der Waals surface area contributed by atoms with E-state index in [-0.39, 0.29) is 17.2 Å². The highest BCUT2D eigenvalue weighted by Gasteiger charge is 2.21. The van der Waals surface area contributed by atoms with Gasteiger partial charge in [-0.05, 0) is 31.3 Å². The normalized spacial score (nSPS) is 14.9. The Kier molecular flexibility index (Phi) is 5.25. The highest BCUT2D eigenvalue weighted by molar-refractivity contribution is 6.31. The summed E-state index contributed by atoms with van der Waals surface area (Å²) in [4.78, 5) is 30.0. The fourth-order valence-corrected chi connectivity index (χ4v) is 3.75. The van der Waals surface area contributed by atoms with Crippen molar-refractivity contribution in [2.45, 2.75) is 0 Å². The van der Waals surface area contributed by atoms with Crippen molar-refractivity contribution >= 4 is 39.7 Å². The molecule has 1 aliphatic rings. The monoisotopic (exact) mass is 411 g/mol. The Morgan fingerprint density at radius 2 is 1.72 bits per heavy atom. The van der Waals surface area contributed by atoms with Crippen LogP contribution in [0.1, 0.15) is 10.5 Å². The molecule has 29 heavy (non-hydrogen) atoms. The van der Waals surface area contributed by atoms with Crippen molar-refractivity contribution < 1.29 is 4.79 Å². The molecule has 0 saturated carbocycles. The molecule has 0 spiro atoms. The summed E-state index contributed by atoms with van der Waals surface area (Å²) in [7, 11) is 3.64. The predicted octanol–water partition coefficient (Wildman–Crippen LogP) is 2.59. The van der Waals surface area contributed by atoms with Crippen molar-refractivity contribution in [1.82, 2.24) is 14.7 Å². The van der Waals surface area contributed by atoms with Gasteiger partial charge >= 0.3 is 0 Å². The lowest BCUT2D eigenvalue weighted by Gasteiger charge is -2.35. The number of hydrogen-bond donors (Lipinski definition) is 1. The first kappa shape index (κ1) is 19.4. The number of aryl methyl sites for hydroxylation is 1. The van der Waals surface area contributed by atoms with Crippen molar-refractivity contribution in [3.05, 3.63) is 63.5 Å². The molecule has 1 aliphatic heterocycles. The van der Waals surface area contributed by atoms with Crippen LogP contribution in [0.2, 0.25) is 5.02 Å². The van der Waals surface area contributed by atoms with E-state index < -0.39 is 0 Å². The van der Waals surface area contributed by atoms with Crippen molar-refractivity contribution in [3.63, 3.8) is 0 Å². The SMILES string of the molecule is CN1CCN(c2ccc(Cl)cc2NC(=O)c2nn(C)c(=O)c3ccccc23)CC1. The first-order valence-electron chi connectivity index (χ1n) is 9.44. The van der Waals surface area contributed by atoms with E-state index in [1.165, 1.54) is 4.68 Å². The van der Waals surface area contributed by atoms with Gasteiger partial charge in [-0.25, -0.2) is 4.68 Å². The van der Waals surface area contributed by atoms with E-state index in [1.807, 2.05) is 12.1 Å². The second-order valence-electron chi connectivity index (χ2n) is 7.23. The second-order valence-corrected chi connectivity index (χ2v) is 7.67. The van der Waals surface area contributed by atoms with Crippen molar-refractivity contribution in [3.8, 4) is 0 Å². The number of nitrogens with zero attached hydrogens (tertiary/aromatic N) is 4. The topological polar surface area (TPSA) is 70.5 Å². The molecule has 0 unspecified atom stereocenters. The first-order chi connectivity index (χ1) is 13.9. The Morgan fingerprint density at radius 1 is 1.03 bits per heavy atom. The van der Waals surface area contributed by atoms with Gasteiger partial charge in [-0.15, -0.1) is 0 Å². The third-order valence-electron chi connectivity index (χ3n) is 5.22. The molecular weight excluding hydrogens is 390 g/mol. The van der Waals surface area contributed by atoms with Crippen molar-refractivity contribution in [2.24, 2.45) is 7.05 Å². The number of halogens is 1. The number of hydrogen-bond acceptors (Lipinski definition) is 5. The Balaban J connectivity index is 1.71. The molecule has 0 radical (unpaired) electrons. The predicted molar refractivity (Wildman–Crippen MR) is 116 cm³/mol. The van der Waals surface area contributed by atoms with Crippen LogP contribution in [0.4, 0.5) is 11.4 Å². The Labute approximate surface area is 173 Å². The van der Waals surface area contributed by atoms with Gasteiger partial charge in [0.25, 0.3) is 11.5 Å². The molecule has 1 N–H and O–H groups in total. The summed E-state index contributed by atoms with van der Waals surface area (Å²) >= 11 is 6.21. The minimum atomic E-state index is -0.380. The summed E-state index contributed by atoms with van der Waals surface area (Å²) in [6, 6.07) is 12.5. The summed E-state index contributed by atoms with van der Waals surface area (Å²) in [5, 5.41) is 8.69. The molecule has 150 valence electrons. The van der Waals surface area contributed by atoms with Crippen LogP contribution < -0.4 is 15.8 Å². The van der Waals surface area contributed by atoms with Crippen molar-refractivity contribution in [1.29, 1.82) is 0 Å². The molecule has 0 bridgehead atoms. The third-order valence-corrected chi connectivity index (χ3v) is 5.46. The minimum Gasteiger partial charge on any atom is -0.367 e. The van der Waals surface area contributed by atoms with Gasteiger partial charge < -0.3 is 15.1 Å². The number of amides is 1. The van der Waals surface area contributed by atoms with E-state index in [0.29, 0.717) is 21.5 Å².